The molecule has 41 heavy (non-hydrogen) atoms. The van der Waals surface area contributed by atoms with E-state index in [0.29, 0.717) is 34.2 Å². The molecule has 0 unspecified atom stereocenters. The van der Waals surface area contributed by atoms with Gasteiger partial charge in [0.1, 0.15) is 19.2 Å². The lowest BCUT2D eigenvalue weighted by Crippen LogP contribution is -2.45. The van der Waals surface area contributed by atoms with E-state index in [1.54, 1.807) is 35.2 Å². The number of terminal acetylenes is 1. The average Bonchev–Trinajstić information content (AvgIpc) is 3.57. The molecule has 2 aromatic carbocycles. The summed E-state index contributed by atoms with van der Waals surface area (Å²) >= 11 is 0. The summed E-state index contributed by atoms with van der Waals surface area (Å²) in [5.41, 5.74) is 2.36. The Morgan fingerprint density at radius 1 is 1.02 bits per heavy atom. The van der Waals surface area contributed by atoms with Gasteiger partial charge in [-0.15, -0.1) is 6.42 Å². The topological polar surface area (TPSA) is 117 Å². The van der Waals surface area contributed by atoms with Gasteiger partial charge in [0.25, 0.3) is 0 Å². The molecule has 3 heterocycles. The van der Waals surface area contributed by atoms with E-state index in [1.165, 1.54) is 6.33 Å². The predicted octanol–water partition coefficient (Wildman–Crippen LogP) is 4.39. The summed E-state index contributed by atoms with van der Waals surface area (Å²) in [6.45, 7) is 3.53. The van der Waals surface area contributed by atoms with Gasteiger partial charge in [-0.1, -0.05) is 41.3 Å². The van der Waals surface area contributed by atoms with E-state index in [2.05, 4.69) is 26.2 Å². The Morgan fingerprint density at radius 3 is 2.32 bits per heavy atom. The summed E-state index contributed by atoms with van der Waals surface area (Å²) in [6.07, 6.45) is 9.82. The van der Waals surface area contributed by atoms with Crippen molar-refractivity contribution in [2.45, 2.75) is 57.1 Å². The number of fused-ring (bicyclic) bond motifs is 1. The van der Waals surface area contributed by atoms with Gasteiger partial charge in [0.15, 0.2) is 23.1 Å². The largest absolute Gasteiger partial charge is 0.458 e. The SMILES string of the molecule is C#C[C@]1(COC(=O)c2ccc(C)cc2)O[C@@H](n2cnc3c(NC4CC4)ncnc32)C[C@@H]1OC(=O)c1ccc(C)cc1. The Balaban J connectivity index is 1.29. The first-order chi connectivity index (χ1) is 19.8. The maximum atomic E-state index is 13.2. The number of ether oxygens (including phenoxy) is 3. The Morgan fingerprint density at radius 2 is 1.68 bits per heavy atom. The third kappa shape index (κ3) is 5.36. The van der Waals surface area contributed by atoms with E-state index in [9.17, 15) is 9.59 Å². The summed E-state index contributed by atoms with van der Waals surface area (Å²) in [7, 11) is 0. The van der Waals surface area contributed by atoms with Crippen LogP contribution >= 0.6 is 0 Å². The number of benzene rings is 2. The molecule has 0 amide bonds. The number of hydrogen-bond acceptors (Lipinski definition) is 9. The number of carbonyl (C=O) groups excluding carboxylic acids is 2. The molecule has 1 N–H and O–H groups in total. The Hall–Kier alpha value is -4.75. The monoisotopic (exact) mass is 551 g/mol. The number of imidazole rings is 1. The number of carbonyl (C=O) groups is 2. The van der Waals surface area contributed by atoms with Crippen molar-refractivity contribution in [3.05, 3.63) is 83.4 Å². The maximum absolute atomic E-state index is 13.2. The van der Waals surface area contributed by atoms with Gasteiger partial charge >= 0.3 is 11.9 Å². The molecule has 1 saturated carbocycles. The van der Waals surface area contributed by atoms with Crippen LogP contribution in [-0.2, 0) is 14.2 Å². The van der Waals surface area contributed by atoms with E-state index in [0.717, 1.165) is 24.0 Å². The van der Waals surface area contributed by atoms with Gasteiger partial charge in [-0.05, 0) is 51.0 Å². The molecular formula is C31H29N5O5. The van der Waals surface area contributed by atoms with Gasteiger partial charge in [0, 0.05) is 12.5 Å². The van der Waals surface area contributed by atoms with Crippen molar-refractivity contribution < 1.29 is 23.8 Å². The van der Waals surface area contributed by atoms with Crippen LogP contribution in [0.4, 0.5) is 5.82 Å². The smallest absolute Gasteiger partial charge is 0.338 e. The molecule has 2 aliphatic rings. The number of hydrogen-bond donors (Lipinski definition) is 1. The molecular weight excluding hydrogens is 522 g/mol. The summed E-state index contributed by atoms with van der Waals surface area (Å²) in [4.78, 5) is 39.4. The van der Waals surface area contributed by atoms with E-state index in [-0.39, 0.29) is 13.0 Å². The molecule has 1 aliphatic heterocycles. The van der Waals surface area contributed by atoms with Crippen molar-refractivity contribution in [1.29, 1.82) is 0 Å². The number of rotatable bonds is 8. The quantitative estimate of drug-likeness (QED) is 0.251. The zero-order chi connectivity index (χ0) is 28.6. The van der Waals surface area contributed by atoms with Gasteiger partial charge in [-0.25, -0.2) is 24.5 Å². The summed E-state index contributed by atoms with van der Waals surface area (Å²) in [5.74, 6) is 2.16. The standard InChI is InChI=1S/C31H29N5O5/c1-4-31(16-39-29(37)21-9-5-19(2)6-10-21)24(40-30(38)22-11-7-20(3)8-12-22)15-25(41-31)36-18-34-26-27(35-23-13-14-23)32-17-33-28(26)36/h1,5-12,17-18,23-25H,13-16H2,2-3H3,(H,32,33,35)/t24-,25+,31+/m0/s1. The van der Waals surface area contributed by atoms with Crippen molar-refractivity contribution in [1.82, 2.24) is 19.5 Å². The van der Waals surface area contributed by atoms with E-state index < -0.39 is 29.9 Å². The second-order valence-electron chi connectivity index (χ2n) is 10.5. The Bertz CT molecular complexity index is 1640. The molecule has 2 fully saturated rings. The number of esters is 2. The van der Waals surface area contributed by atoms with E-state index in [1.807, 2.05) is 38.1 Å². The van der Waals surface area contributed by atoms with Gasteiger partial charge in [-0.2, -0.15) is 0 Å². The van der Waals surface area contributed by atoms with Crippen LogP contribution in [0.3, 0.4) is 0 Å². The van der Waals surface area contributed by atoms with Gasteiger partial charge in [0.2, 0.25) is 5.60 Å². The highest BCUT2D eigenvalue weighted by molar-refractivity contribution is 5.90. The molecule has 10 nitrogen and oxygen atoms in total. The molecule has 10 heteroatoms. The fraction of sp³-hybridized carbons (Fsp3) is 0.323. The van der Waals surface area contributed by atoms with Crippen LogP contribution < -0.4 is 5.32 Å². The molecule has 1 aliphatic carbocycles. The third-order valence-corrected chi connectivity index (χ3v) is 7.36. The Labute approximate surface area is 237 Å². The molecule has 0 spiro atoms. The Kier molecular flexibility index (Phi) is 6.89. The molecule has 208 valence electrons. The molecule has 0 radical (unpaired) electrons. The van der Waals surface area contributed by atoms with Crippen LogP contribution in [0.15, 0.2) is 61.2 Å². The summed E-state index contributed by atoms with van der Waals surface area (Å²) in [6, 6.07) is 14.4. The van der Waals surface area contributed by atoms with Crippen molar-refractivity contribution in [2.75, 3.05) is 11.9 Å². The molecule has 4 aromatic rings. The van der Waals surface area contributed by atoms with Crippen LogP contribution in [0.25, 0.3) is 11.2 Å². The summed E-state index contributed by atoms with van der Waals surface area (Å²) < 4.78 is 19.7. The highest BCUT2D eigenvalue weighted by Gasteiger charge is 2.52. The zero-order valence-electron chi connectivity index (χ0n) is 22.7. The zero-order valence-corrected chi connectivity index (χ0v) is 22.7. The van der Waals surface area contributed by atoms with Crippen molar-refractivity contribution >= 4 is 28.9 Å². The predicted molar refractivity (Wildman–Crippen MR) is 150 cm³/mol. The minimum absolute atomic E-state index is 0.185. The molecule has 3 atom stereocenters. The van der Waals surface area contributed by atoms with Crippen LogP contribution in [0.5, 0.6) is 0 Å². The second kappa shape index (κ2) is 10.7. The fourth-order valence-electron chi connectivity index (χ4n) is 4.77. The van der Waals surface area contributed by atoms with Gasteiger partial charge in [0.05, 0.1) is 17.5 Å². The highest BCUT2D eigenvalue weighted by atomic mass is 16.6. The number of nitrogens with one attached hydrogen (secondary N) is 1. The number of nitrogens with zero attached hydrogens (tertiary/aromatic N) is 4. The van der Waals surface area contributed by atoms with Crippen molar-refractivity contribution in [3.8, 4) is 12.3 Å². The first-order valence-corrected chi connectivity index (χ1v) is 13.5. The van der Waals surface area contributed by atoms with Crippen LogP contribution in [-0.4, -0.2) is 55.8 Å². The second-order valence-corrected chi connectivity index (χ2v) is 10.5. The van der Waals surface area contributed by atoms with E-state index in [4.69, 9.17) is 20.6 Å². The lowest BCUT2D eigenvalue weighted by Gasteiger charge is -2.28. The van der Waals surface area contributed by atoms with Crippen molar-refractivity contribution in [2.24, 2.45) is 0 Å². The van der Waals surface area contributed by atoms with Crippen LogP contribution in [0, 0.1) is 26.2 Å². The first kappa shape index (κ1) is 26.5. The maximum Gasteiger partial charge on any atom is 0.338 e. The average molecular weight is 552 g/mol. The molecule has 6 rings (SSSR count). The number of aryl methyl sites for hydroxylation is 2. The minimum atomic E-state index is -1.55. The van der Waals surface area contributed by atoms with Gasteiger partial charge in [-0.3, -0.25) is 4.57 Å². The van der Waals surface area contributed by atoms with E-state index >= 15 is 0 Å². The lowest BCUT2D eigenvalue weighted by molar-refractivity contribution is -0.0967. The summed E-state index contributed by atoms with van der Waals surface area (Å²) in [5, 5.41) is 3.37. The molecule has 2 aromatic heterocycles. The normalized spacial score (nSPS) is 21.8. The van der Waals surface area contributed by atoms with Crippen molar-refractivity contribution in [3.63, 3.8) is 0 Å². The fourth-order valence-corrected chi connectivity index (χ4v) is 4.77. The van der Waals surface area contributed by atoms with Crippen LogP contribution in [0.2, 0.25) is 0 Å². The molecule has 0 bridgehead atoms. The lowest BCUT2D eigenvalue weighted by atomic mass is 9.98. The first-order valence-electron chi connectivity index (χ1n) is 13.5. The highest BCUT2D eigenvalue weighted by Crippen LogP contribution is 2.41. The number of aromatic nitrogens is 4. The molecule has 1 saturated heterocycles. The minimum Gasteiger partial charge on any atom is -0.458 e. The third-order valence-electron chi connectivity index (χ3n) is 7.36. The van der Waals surface area contributed by atoms with Crippen LogP contribution in [0.1, 0.15) is 57.3 Å². The number of anilines is 1. The van der Waals surface area contributed by atoms with Gasteiger partial charge < -0.3 is 19.5 Å².